The number of imide groups is 1. The van der Waals surface area contributed by atoms with Crippen LogP contribution in [-0.2, 0) is 10.2 Å². The second-order valence-electron chi connectivity index (χ2n) is 11.1. The molecule has 6 rings (SSSR count). The Bertz CT molecular complexity index is 1330. The molecule has 4 amide bonds. The lowest BCUT2D eigenvalue weighted by molar-refractivity contribution is -0.230. The van der Waals surface area contributed by atoms with E-state index in [1.807, 2.05) is 6.07 Å². The first-order valence-corrected chi connectivity index (χ1v) is 12.7. The molecule has 5 aliphatic rings. The average Bonchev–Trinajstić information content (AvgIpc) is 3.46. The first-order chi connectivity index (χ1) is 18.4. The van der Waals surface area contributed by atoms with Crippen molar-refractivity contribution in [3.8, 4) is 5.75 Å². The monoisotopic (exact) mass is 541 g/mol. The number of hydrogen-bond donors (Lipinski definition) is 7. The maximum atomic E-state index is 13.5. The molecule has 0 radical (unpaired) electrons. The van der Waals surface area contributed by atoms with Crippen molar-refractivity contribution in [1.29, 1.82) is 0 Å². The molecule has 0 bridgehead atoms. The van der Waals surface area contributed by atoms with Gasteiger partial charge in [0.15, 0.2) is 17.6 Å². The van der Waals surface area contributed by atoms with Crippen LogP contribution in [0.3, 0.4) is 0 Å². The van der Waals surface area contributed by atoms with Crippen LogP contribution in [0.2, 0.25) is 0 Å². The van der Waals surface area contributed by atoms with Gasteiger partial charge in [-0.1, -0.05) is 26.0 Å². The fraction of sp³-hybridized carbons (Fsp3) is 0.542. The van der Waals surface area contributed by atoms with Crippen LogP contribution in [0.25, 0.3) is 0 Å². The molecule has 1 aromatic rings. The van der Waals surface area contributed by atoms with Gasteiger partial charge in [0, 0.05) is 12.1 Å². The molecular weight excluding hydrogens is 510 g/mol. The summed E-state index contributed by atoms with van der Waals surface area (Å²) in [6, 6.07) is 1.44. The average molecular weight is 542 g/mol. The molecule has 0 unspecified atom stereocenters. The predicted molar refractivity (Wildman–Crippen MR) is 137 cm³/mol. The number of aliphatic hydroxyl groups is 2. The molecule has 0 saturated carbocycles. The van der Waals surface area contributed by atoms with E-state index in [1.54, 1.807) is 12.1 Å². The summed E-state index contributed by atoms with van der Waals surface area (Å²) in [7, 11) is 0. The standard InChI is InChI=1S/C24H31N9O6/c1-22(2)6-7-39-16-11(4-3-5-12(16)22)18(35)29-14-10-33-20(26)28-13(9-32-15(34)8-27-21(32)36)17-23(33,24(14,37)38)31-19(25)30-17/h3-5,13-14,17,37-38H,6-10H2,1-2H3,(H2,26,28)(H,27,36)(H,29,35)(H3,25,30,31)/t13-,14-,17-,23-/m0/s1. The fourth-order valence-electron chi connectivity index (χ4n) is 6.25. The van der Waals surface area contributed by atoms with Gasteiger partial charge in [-0.05, 0) is 17.9 Å². The normalized spacial score (nSPS) is 31.7. The lowest BCUT2D eigenvalue weighted by Gasteiger charge is -2.49. The summed E-state index contributed by atoms with van der Waals surface area (Å²) in [5.41, 5.74) is 11.4. The number of ether oxygens (including phenoxy) is 1. The summed E-state index contributed by atoms with van der Waals surface area (Å²) in [6.45, 7) is 4.09. The number of guanidine groups is 2. The van der Waals surface area contributed by atoms with E-state index in [0.29, 0.717) is 12.4 Å². The van der Waals surface area contributed by atoms with E-state index in [-0.39, 0.29) is 42.5 Å². The number of carbonyl (C=O) groups excluding carboxylic acids is 3. The number of aliphatic imine (C=N–C) groups is 2. The van der Waals surface area contributed by atoms with E-state index >= 15 is 0 Å². The van der Waals surface area contributed by atoms with Crippen molar-refractivity contribution in [2.75, 3.05) is 26.2 Å². The van der Waals surface area contributed by atoms with Crippen LogP contribution in [0.15, 0.2) is 28.2 Å². The van der Waals surface area contributed by atoms with E-state index < -0.39 is 47.4 Å². The van der Waals surface area contributed by atoms with Crippen LogP contribution >= 0.6 is 0 Å². The van der Waals surface area contributed by atoms with Gasteiger partial charge in [0.1, 0.15) is 17.8 Å². The molecule has 5 aliphatic heterocycles. The quantitative estimate of drug-likeness (QED) is 0.152. The Morgan fingerprint density at radius 2 is 2.03 bits per heavy atom. The number of nitrogens with two attached hydrogens (primary N) is 2. The highest BCUT2D eigenvalue weighted by Gasteiger charge is 2.73. The zero-order chi connectivity index (χ0) is 27.9. The molecule has 0 aliphatic carbocycles. The Hall–Kier alpha value is -4.11. The van der Waals surface area contributed by atoms with E-state index in [4.69, 9.17) is 16.2 Å². The molecule has 2 fully saturated rings. The number of carbonyl (C=O) groups is 3. The summed E-state index contributed by atoms with van der Waals surface area (Å²) in [5.74, 6) is -3.42. The van der Waals surface area contributed by atoms with Crippen molar-refractivity contribution in [3.05, 3.63) is 29.3 Å². The highest BCUT2D eigenvalue weighted by atomic mass is 16.5. The number of para-hydroxylation sites is 1. The molecule has 208 valence electrons. The lowest BCUT2D eigenvalue weighted by Crippen LogP contribution is -2.78. The molecule has 1 aromatic carbocycles. The first-order valence-electron chi connectivity index (χ1n) is 12.7. The minimum atomic E-state index is -2.66. The van der Waals surface area contributed by atoms with Crippen molar-refractivity contribution in [2.24, 2.45) is 21.5 Å². The van der Waals surface area contributed by atoms with Crippen LogP contribution in [0.1, 0.15) is 36.2 Å². The Morgan fingerprint density at radius 3 is 2.74 bits per heavy atom. The van der Waals surface area contributed by atoms with Crippen LogP contribution in [-0.4, -0.2) is 106 Å². The Morgan fingerprint density at radius 1 is 1.26 bits per heavy atom. The minimum Gasteiger partial charge on any atom is -0.492 e. The molecule has 0 aromatic heterocycles. The Balaban J connectivity index is 1.32. The van der Waals surface area contributed by atoms with Crippen molar-refractivity contribution >= 4 is 29.8 Å². The van der Waals surface area contributed by atoms with Gasteiger partial charge >= 0.3 is 6.03 Å². The largest absolute Gasteiger partial charge is 0.492 e. The van der Waals surface area contributed by atoms with Crippen molar-refractivity contribution < 1.29 is 29.3 Å². The van der Waals surface area contributed by atoms with E-state index in [9.17, 15) is 24.6 Å². The van der Waals surface area contributed by atoms with Crippen LogP contribution < -0.4 is 32.2 Å². The zero-order valence-electron chi connectivity index (χ0n) is 21.5. The number of urea groups is 1. The van der Waals surface area contributed by atoms with Gasteiger partial charge in [0.2, 0.25) is 11.7 Å². The van der Waals surface area contributed by atoms with Crippen molar-refractivity contribution in [1.82, 2.24) is 25.8 Å². The summed E-state index contributed by atoms with van der Waals surface area (Å²) in [4.78, 5) is 49.1. The molecular formula is C24H31N9O6. The highest BCUT2D eigenvalue weighted by Crippen LogP contribution is 2.45. The number of fused-ring (bicyclic) bond motifs is 1. The molecule has 39 heavy (non-hydrogen) atoms. The number of hydrogen-bond acceptors (Lipinski definition) is 12. The van der Waals surface area contributed by atoms with Crippen LogP contribution in [0.4, 0.5) is 4.79 Å². The topological polar surface area (TPSA) is 220 Å². The molecule has 4 atom stereocenters. The third kappa shape index (κ3) is 3.45. The van der Waals surface area contributed by atoms with E-state index in [0.717, 1.165) is 16.9 Å². The summed E-state index contributed by atoms with van der Waals surface area (Å²) in [6.07, 6.45) is 0.792. The van der Waals surface area contributed by atoms with Crippen LogP contribution in [0, 0.1) is 0 Å². The van der Waals surface area contributed by atoms with Gasteiger partial charge < -0.3 is 47.3 Å². The molecule has 5 heterocycles. The van der Waals surface area contributed by atoms with Gasteiger partial charge in [-0.15, -0.1) is 0 Å². The van der Waals surface area contributed by atoms with Gasteiger partial charge in [-0.25, -0.2) is 14.8 Å². The summed E-state index contributed by atoms with van der Waals surface area (Å²) >= 11 is 0. The lowest BCUT2D eigenvalue weighted by atomic mass is 9.79. The molecule has 15 nitrogen and oxygen atoms in total. The Kier molecular flexibility index (Phi) is 5.29. The number of benzene rings is 1. The van der Waals surface area contributed by atoms with Crippen LogP contribution in [0.5, 0.6) is 5.75 Å². The highest BCUT2D eigenvalue weighted by molar-refractivity contribution is 6.02. The third-order valence-electron chi connectivity index (χ3n) is 8.38. The molecule has 15 heteroatoms. The second-order valence-corrected chi connectivity index (χ2v) is 11.1. The molecule has 2 saturated heterocycles. The molecule has 1 spiro atoms. The third-order valence-corrected chi connectivity index (χ3v) is 8.38. The second kappa shape index (κ2) is 8.19. The smallest absolute Gasteiger partial charge is 0.324 e. The first kappa shape index (κ1) is 25.2. The fourth-order valence-corrected chi connectivity index (χ4v) is 6.25. The number of rotatable bonds is 4. The number of nitrogens with zero attached hydrogens (tertiary/aromatic N) is 4. The van der Waals surface area contributed by atoms with Gasteiger partial charge in [0.05, 0.1) is 31.3 Å². The molecule has 9 N–H and O–H groups in total. The maximum absolute atomic E-state index is 13.5. The SMILES string of the molecule is CC1(C)CCOc2c(C(=O)N[C@H]3CN4C(N)=N[C@@H](CN5C(=O)CNC5=O)[C@@H]5N=C(N)N[C@@]54C3(O)O)cccc21. The maximum Gasteiger partial charge on any atom is 0.324 e. The summed E-state index contributed by atoms with van der Waals surface area (Å²) in [5, 5.41) is 31.3. The van der Waals surface area contributed by atoms with Gasteiger partial charge in [0.25, 0.3) is 5.91 Å². The van der Waals surface area contributed by atoms with Gasteiger partial charge in [-0.3, -0.25) is 14.5 Å². The zero-order valence-corrected chi connectivity index (χ0v) is 21.5. The van der Waals surface area contributed by atoms with Gasteiger partial charge in [-0.2, -0.15) is 0 Å². The van der Waals surface area contributed by atoms with E-state index in [1.165, 1.54) is 4.90 Å². The van der Waals surface area contributed by atoms with Crippen molar-refractivity contribution in [3.63, 3.8) is 0 Å². The predicted octanol–water partition coefficient (Wildman–Crippen LogP) is -2.93. The van der Waals surface area contributed by atoms with E-state index in [2.05, 4.69) is 39.8 Å². The summed E-state index contributed by atoms with van der Waals surface area (Å²) < 4.78 is 5.87. The number of amides is 4. The minimum absolute atomic E-state index is 0.0906. The van der Waals surface area contributed by atoms with Crippen molar-refractivity contribution in [2.45, 2.75) is 55.3 Å². The number of nitrogens with one attached hydrogen (secondary N) is 3. The Labute approximate surface area is 223 Å².